The average molecular weight is 294 g/mol. The predicted octanol–water partition coefficient (Wildman–Crippen LogP) is 2.30. The molecule has 0 atom stereocenters. The molecular weight excluding hydrogens is 264 g/mol. The standard InChI is InChI=1S/C14H30O4S/c15-7-9-17-11-13-18-12-10-16-8-5-3-1-2-4-6-14-19/h15,19H,1-14H2. The van der Waals surface area contributed by atoms with Gasteiger partial charge in [-0.2, -0.15) is 12.6 Å². The van der Waals surface area contributed by atoms with E-state index in [0.29, 0.717) is 33.0 Å². The van der Waals surface area contributed by atoms with Crippen molar-refractivity contribution in [2.24, 2.45) is 0 Å². The molecule has 1 N–H and O–H groups in total. The van der Waals surface area contributed by atoms with Gasteiger partial charge in [-0.15, -0.1) is 0 Å². The first-order chi connectivity index (χ1) is 9.41. The van der Waals surface area contributed by atoms with Crippen molar-refractivity contribution in [3.05, 3.63) is 0 Å². The first-order valence-electron chi connectivity index (χ1n) is 7.36. The Morgan fingerprint density at radius 3 is 1.63 bits per heavy atom. The van der Waals surface area contributed by atoms with Crippen LogP contribution in [-0.4, -0.2) is 57.1 Å². The fourth-order valence-corrected chi connectivity index (χ4v) is 1.85. The Morgan fingerprint density at radius 2 is 1.05 bits per heavy atom. The quantitative estimate of drug-likeness (QED) is 0.339. The van der Waals surface area contributed by atoms with Crippen LogP contribution in [0.2, 0.25) is 0 Å². The lowest BCUT2D eigenvalue weighted by atomic mass is 10.1. The van der Waals surface area contributed by atoms with Gasteiger partial charge in [0.05, 0.1) is 39.6 Å². The van der Waals surface area contributed by atoms with Gasteiger partial charge in [0.15, 0.2) is 0 Å². The van der Waals surface area contributed by atoms with Gasteiger partial charge in [0.2, 0.25) is 0 Å². The molecule has 5 heteroatoms. The van der Waals surface area contributed by atoms with Crippen LogP contribution in [0.3, 0.4) is 0 Å². The fourth-order valence-electron chi connectivity index (χ4n) is 1.63. The van der Waals surface area contributed by atoms with E-state index < -0.39 is 0 Å². The Bertz CT molecular complexity index is 142. The SMILES string of the molecule is OCCOCCOCCOCCCCCCCCS. The highest BCUT2D eigenvalue weighted by molar-refractivity contribution is 7.80. The Labute approximate surface area is 123 Å². The van der Waals surface area contributed by atoms with E-state index >= 15 is 0 Å². The zero-order valence-corrected chi connectivity index (χ0v) is 12.9. The van der Waals surface area contributed by atoms with Gasteiger partial charge in [-0.05, 0) is 18.6 Å². The van der Waals surface area contributed by atoms with Gasteiger partial charge >= 0.3 is 0 Å². The molecular formula is C14H30O4S. The van der Waals surface area contributed by atoms with E-state index in [4.69, 9.17) is 19.3 Å². The zero-order valence-electron chi connectivity index (χ0n) is 12.0. The van der Waals surface area contributed by atoms with Crippen LogP contribution in [0, 0.1) is 0 Å². The smallest absolute Gasteiger partial charge is 0.0701 e. The van der Waals surface area contributed by atoms with Crippen LogP contribution in [0.15, 0.2) is 0 Å². The molecule has 0 heterocycles. The highest BCUT2D eigenvalue weighted by Crippen LogP contribution is 2.05. The molecule has 19 heavy (non-hydrogen) atoms. The number of aliphatic hydroxyl groups excluding tert-OH is 1. The van der Waals surface area contributed by atoms with Crippen LogP contribution in [0.25, 0.3) is 0 Å². The summed E-state index contributed by atoms with van der Waals surface area (Å²) in [6.45, 7) is 3.65. The van der Waals surface area contributed by atoms with Crippen molar-refractivity contribution in [2.45, 2.75) is 38.5 Å². The van der Waals surface area contributed by atoms with Crippen LogP contribution in [-0.2, 0) is 14.2 Å². The number of hydrogen-bond acceptors (Lipinski definition) is 5. The third-order valence-electron chi connectivity index (χ3n) is 2.68. The van der Waals surface area contributed by atoms with Gasteiger partial charge in [0.25, 0.3) is 0 Å². The molecule has 0 fully saturated rings. The number of unbranched alkanes of at least 4 members (excludes halogenated alkanes) is 5. The second-order valence-electron chi connectivity index (χ2n) is 4.41. The molecule has 0 amide bonds. The summed E-state index contributed by atoms with van der Waals surface area (Å²) in [6, 6.07) is 0. The van der Waals surface area contributed by atoms with E-state index in [1.54, 1.807) is 0 Å². The Balaban J connectivity index is 2.88. The third-order valence-corrected chi connectivity index (χ3v) is 2.99. The maximum absolute atomic E-state index is 8.48. The highest BCUT2D eigenvalue weighted by atomic mass is 32.1. The minimum Gasteiger partial charge on any atom is -0.394 e. The molecule has 0 spiro atoms. The van der Waals surface area contributed by atoms with Gasteiger partial charge < -0.3 is 19.3 Å². The van der Waals surface area contributed by atoms with Crippen LogP contribution < -0.4 is 0 Å². The maximum Gasteiger partial charge on any atom is 0.0701 e. The average Bonchev–Trinajstić information content (AvgIpc) is 2.43. The van der Waals surface area contributed by atoms with Crippen molar-refractivity contribution in [3.63, 3.8) is 0 Å². The van der Waals surface area contributed by atoms with Crippen LogP contribution in [0.4, 0.5) is 0 Å². The summed E-state index contributed by atoms with van der Waals surface area (Å²) in [5, 5.41) is 8.48. The van der Waals surface area contributed by atoms with E-state index in [-0.39, 0.29) is 6.61 Å². The van der Waals surface area contributed by atoms with E-state index in [2.05, 4.69) is 12.6 Å². The molecule has 0 bridgehead atoms. The van der Waals surface area contributed by atoms with E-state index in [1.165, 1.54) is 32.1 Å². The zero-order chi connectivity index (χ0) is 14.0. The van der Waals surface area contributed by atoms with Crippen molar-refractivity contribution >= 4 is 12.6 Å². The largest absolute Gasteiger partial charge is 0.394 e. The minimum absolute atomic E-state index is 0.0672. The third kappa shape index (κ3) is 18.2. The van der Waals surface area contributed by atoms with Gasteiger partial charge in [-0.25, -0.2) is 0 Å². The van der Waals surface area contributed by atoms with E-state index in [9.17, 15) is 0 Å². The molecule has 0 aliphatic heterocycles. The summed E-state index contributed by atoms with van der Waals surface area (Å²) in [7, 11) is 0. The van der Waals surface area contributed by atoms with Crippen LogP contribution in [0.5, 0.6) is 0 Å². The van der Waals surface area contributed by atoms with Gasteiger partial charge in [-0.1, -0.05) is 25.7 Å². The number of thiol groups is 1. The first-order valence-corrected chi connectivity index (χ1v) is 8.00. The first kappa shape index (κ1) is 19.2. The molecule has 116 valence electrons. The highest BCUT2D eigenvalue weighted by Gasteiger charge is 1.93. The molecule has 0 saturated heterocycles. The van der Waals surface area contributed by atoms with Crippen molar-refractivity contribution in [2.75, 3.05) is 52.0 Å². The second-order valence-corrected chi connectivity index (χ2v) is 4.85. The Hall–Kier alpha value is 0.190. The molecule has 0 unspecified atom stereocenters. The molecule has 0 rings (SSSR count). The molecule has 0 aromatic heterocycles. The molecule has 0 aromatic rings. The number of ether oxygens (including phenoxy) is 3. The Morgan fingerprint density at radius 1 is 0.579 bits per heavy atom. The lowest BCUT2D eigenvalue weighted by Crippen LogP contribution is -2.11. The molecule has 0 radical (unpaired) electrons. The van der Waals surface area contributed by atoms with E-state index in [0.717, 1.165) is 18.8 Å². The number of hydrogen-bond donors (Lipinski definition) is 2. The van der Waals surface area contributed by atoms with Crippen molar-refractivity contribution in [3.8, 4) is 0 Å². The van der Waals surface area contributed by atoms with Crippen molar-refractivity contribution in [1.29, 1.82) is 0 Å². The monoisotopic (exact) mass is 294 g/mol. The van der Waals surface area contributed by atoms with Crippen molar-refractivity contribution < 1.29 is 19.3 Å². The fraction of sp³-hybridized carbons (Fsp3) is 1.00. The minimum atomic E-state index is 0.0672. The summed E-state index contributed by atoms with van der Waals surface area (Å²) in [5.41, 5.74) is 0. The molecule has 0 aliphatic rings. The normalized spacial score (nSPS) is 11.1. The molecule has 4 nitrogen and oxygen atoms in total. The van der Waals surface area contributed by atoms with Gasteiger partial charge in [-0.3, -0.25) is 0 Å². The summed E-state index contributed by atoms with van der Waals surface area (Å²) >= 11 is 4.19. The van der Waals surface area contributed by atoms with Gasteiger partial charge in [0, 0.05) is 6.61 Å². The second kappa shape index (κ2) is 18.2. The number of rotatable bonds is 16. The molecule has 0 aliphatic carbocycles. The van der Waals surface area contributed by atoms with Crippen LogP contribution in [0.1, 0.15) is 38.5 Å². The Kier molecular flexibility index (Phi) is 18.4. The van der Waals surface area contributed by atoms with Gasteiger partial charge in [0.1, 0.15) is 0 Å². The maximum atomic E-state index is 8.48. The molecule has 0 saturated carbocycles. The lowest BCUT2D eigenvalue weighted by molar-refractivity contribution is 0.00719. The van der Waals surface area contributed by atoms with Crippen LogP contribution >= 0.6 is 12.6 Å². The van der Waals surface area contributed by atoms with Crippen molar-refractivity contribution in [1.82, 2.24) is 0 Å². The predicted molar refractivity (Wildman–Crippen MR) is 81.1 cm³/mol. The lowest BCUT2D eigenvalue weighted by Gasteiger charge is -2.06. The summed E-state index contributed by atoms with van der Waals surface area (Å²) in [4.78, 5) is 0. The topological polar surface area (TPSA) is 47.9 Å². The van der Waals surface area contributed by atoms with E-state index in [1.807, 2.05) is 0 Å². The summed E-state index contributed by atoms with van der Waals surface area (Å²) in [6.07, 6.45) is 7.55. The summed E-state index contributed by atoms with van der Waals surface area (Å²) < 4.78 is 15.8. The number of aliphatic hydroxyl groups is 1. The molecule has 0 aromatic carbocycles. The summed E-state index contributed by atoms with van der Waals surface area (Å²) in [5.74, 6) is 1.01.